The molecule has 142 valence electrons. The van der Waals surface area contributed by atoms with Gasteiger partial charge in [-0.3, -0.25) is 0 Å². The minimum absolute atomic E-state index is 0. The first kappa shape index (κ1) is 19.4. The highest BCUT2D eigenvalue weighted by molar-refractivity contribution is 6.32. The average Bonchev–Trinajstić information content (AvgIpc) is 3.30. The Hall–Kier alpha value is -2.34. The van der Waals surface area contributed by atoms with Crippen LogP contribution in [0.4, 0.5) is 0 Å². The Morgan fingerprint density at radius 2 is 1.85 bits per heavy atom. The van der Waals surface area contributed by atoms with Crippen LogP contribution < -0.4 is 31.9 Å². The zero-order valence-corrected chi connectivity index (χ0v) is 16.1. The zero-order valence-electron chi connectivity index (χ0n) is 14.6. The molecule has 0 unspecified atom stereocenters. The van der Waals surface area contributed by atoms with E-state index in [0.29, 0.717) is 23.9 Å². The van der Waals surface area contributed by atoms with Crippen LogP contribution in [0.15, 0.2) is 52.9 Å². The van der Waals surface area contributed by atoms with Gasteiger partial charge in [-0.25, -0.2) is 0 Å². The van der Waals surface area contributed by atoms with E-state index >= 15 is 0 Å². The Morgan fingerprint density at radius 3 is 2.67 bits per heavy atom. The molecule has 5 nitrogen and oxygen atoms in total. The predicted molar refractivity (Wildman–Crippen MR) is 98.8 cm³/mol. The monoisotopic (exact) mass is 406 g/mol. The molecular formula is C20H18Cl2NO4-. The van der Waals surface area contributed by atoms with Gasteiger partial charge in [0, 0.05) is 12.1 Å². The fourth-order valence-electron chi connectivity index (χ4n) is 2.83. The van der Waals surface area contributed by atoms with Gasteiger partial charge in [0.05, 0.1) is 18.7 Å². The number of benzene rings is 2. The van der Waals surface area contributed by atoms with Crippen LogP contribution in [0.5, 0.6) is 17.2 Å². The van der Waals surface area contributed by atoms with Crippen molar-refractivity contribution < 1.29 is 31.0 Å². The highest BCUT2D eigenvalue weighted by atomic mass is 35.5. The molecule has 0 amide bonds. The first-order valence-electron chi connectivity index (χ1n) is 8.25. The van der Waals surface area contributed by atoms with Crippen molar-refractivity contribution in [1.29, 1.82) is 0 Å². The van der Waals surface area contributed by atoms with Crippen molar-refractivity contribution in [2.75, 3.05) is 13.9 Å². The van der Waals surface area contributed by atoms with Crippen molar-refractivity contribution >= 4 is 11.6 Å². The Labute approximate surface area is 168 Å². The lowest BCUT2D eigenvalue weighted by Gasteiger charge is -2.05. The SMILES string of the molecule is COc1ccc(-c2ccc(CNCc3ccc4c(c3)OCO4)o2)cc1Cl.[Cl-]. The third-order valence-electron chi connectivity index (χ3n) is 4.16. The summed E-state index contributed by atoms with van der Waals surface area (Å²) >= 11 is 6.18. The van der Waals surface area contributed by atoms with Gasteiger partial charge in [-0.05, 0) is 48.0 Å². The molecule has 2 aromatic carbocycles. The van der Waals surface area contributed by atoms with Crippen molar-refractivity contribution in [2.24, 2.45) is 0 Å². The summed E-state index contributed by atoms with van der Waals surface area (Å²) in [5.41, 5.74) is 2.04. The summed E-state index contributed by atoms with van der Waals surface area (Å²) < 4.78 is 21.8. The van der Waals surface area contributed by atoms with Gasteiger partial charge in [-0.2, -0.15) is 0 Å². The van der Waals surface area contributed by atoms with Crippen LogP contribution in [0.25, 0.3) is 11.3 Å². The average molecular weight is 407 g/mol. The zero-order chi connectivity index (χ0) is 17.9. The molecule has 2 heterocycles. The lowest BCUT2D eigenvalue weighted by atomic mass is 10.2. The predicted octanol–water partition coefficient (Wildman–Crippen LogP) is 1.63. The number of hydrogen-bond donors (Lipinski definition) is 1. The molecule has 27 heavy (non-hydrogen) atoms. The van der Waals surface area contributed by atoms with Crippen LogP contribution in [0.2, 0.25) is 5.02 Å². The molecule has 0 aliphatic carbocycles. The van der Waals surface area contributed by atoms with Gasteiger partial charge in [-0.15, -0.1) is 0 Å². The van der Waals surface area contributed by atoms with E-state index in [9.17, 15) is 0 Å². The maximum Gasteiger partial charge on any atom is 0.231 e. The molecule has 1 aromatic heterocycles. The molecule has 0 atom stereocenters. The van der Waals surface area contributed by atoms with Crippen LogP contribution in [-0.4, -0.2) is 13.9 Å². The van der Waals surface area contributed by atoms with Crippen molar-refractivity contribution in [3.8, 4) is 28.6 Å². The summed E-state index contributed by atoms with van der Waals surface area (Å²) in [5, 5.41) is 3.93. The number of furan rings is 1. The number of halogens is 2. The first-order valence-corrected chi connectivity index (χ1v) is 8.62. The molecule has 3 aromatic rings. The molecule has 1 aliphatic heterocycles. The van der Waals surface area contributed by atoms with Crippen molar-refractivity contribution in [3.63, 3.8) is 0 Å². The minimum atomic E-state index is 0. The summed E-state index contributed by atoms with van der Waals surface area (Å²) in [4.78, 5) is 0. The summed E-state index contributed by atoms with van der Waals surface area (Å²) in [6.45, 7) is 1.62. The Morgan fingerprint density at radius 1 is 1.00 bits per heavy atom. The molecule has 1 N–H and O–H groups in total. The molecule has 7 heteroatoms. The maximum atomic E-state index is 6.18. The number of methoxy groups -OCH3 is 1. The fourth-order valence-corrected chi connectivity index (χ4v) is 3.09. The van der Waals surface area contributed by atoms with Crippen LogP contribution in [0.3, 0.4) is 0 Å². The Kier molecular flexibility index (Phi) is 6.16. The number of nitrogens with one attached hydrogen (secondary N) is 1. The van der Waals surface area contributed by atoms with Crippen LogP contribution in [0, 0.1) is 0 Å². The first-order chi connectivity index (χ1) is 12.7. The maximum absolute atomic E-state index is 6.18. The van der Waals surface area contributed by atoms with Crippen LogP contribution >= 0.6 is 11.6 Å². The van der Waals surface area contributed by atoms with E-state index in [1.807, 2.05) is 48.5 Å². The van der Waals surface area contributed by atoms with E-state index in [1.165, 1.54) is 0 Å². The topological polar surface area (TPSA) is 52.9 Å². The number of fused-ring (bicyclic) bond motifs is 1. The third kappa shape index (κ3) is 4.33. The van der Waals surface area contributed by atoms with Crippen LogP contribution in [-0.2, 0) is 13.1 Å². The summed E-state index contributed by atoms with van der Waals surface area (Å²) in [6, 6.07) is 15.4. The molecule has 4 rings (SSSR count). The standard InChI is InChI=1S/C20H18ClNO4.ClH/c1-23-18-6-3-14(9-16(18)21)17-7-4-15(26-17)11-22-10-13-2-5-19-20(8-13)25-12-24-19;/h2-9,22H,10-12H2,1H3;1H/p-1. The number of hydrogen-bond acceptors (Lipinski definition) is 5. The van der Waals surface area contributed by atoms with Crippen LogP contribution in [0.1, 0.15) is 11.3 Å². The quantitative estimate of drug-likeness (QED) is 0.674. The molecule has 0 radical (unpaired) electrons. The van der Waals surface area contributed by atoms with Gasteiger partial charge < -0.3 is 36.4 Å². The summed E-state index contributed by atoms with van der Waals surface area (Å²) in [7, 11) is 1.59. The molecule has 1 aliphatic rings. The van der Waals surface area contributed by atoms with Gasteiger partial charge in [0.2, 0.25) is 6.79 Å². The van der Waals surface area contributed by atoms with E-state index in [1.54, 1.807) is 7.11 Å². The number of ether oxygens (including phenoxy) is 3. The highest BCUT2D eigenvalue weighted by Gasteiger charge is 2.13. The fraction of sp³-hybridized carbons (Fsp3) is 0.200. The summed E-state index contributed by atoms with van der Waals surface area (Å²) in [5.74, 6) is 3.86. The Bertz CT molecular complexity index is 926. The van der Waals surface area contributed by atoms with E-state index in [2.05, 4.69) is 5.32 Å². The highest BCUT2D eigenvalue weighted by Crippen LogP contribution is 2.33. The van der Waals surface area contributed by atoms with E-state index in [4.69, 9.17) is 30.2 Å². The normalized spacial score (nSPS) is 11.9. The minimum Gasteiger partial charge on any atom is -1.00 e. The van der Waals surface area contributed by atoms with Gasteiger partial charge in [0.1, 0.15) is 17.3 Å². The Balaban J connectivity index is 0.00000210. The van der Waals surface area contributed by atoms with Crippen molar-refractivity contribution in [2.45, 2.75) is 13.1 Å². The third-order valence-corrected chi connectivity index (χ3v) is 4.46. The van der Waals surface area contributed by atoms with Gasteiger partial charge >= 0.3 is 0 Å². The van der Waals surface area contributed by atoms with E-state index < -0.39 is 0 Å². The molecule has 0 spiro atoms. The molecule has 0 saturated heterocycles. The lowest BCUT2D eigenvalue weighted by Crippen LogP contribution is -3.00. The van der Waals surface area contributed by atoms with Gasteiger partial charge in [0.25, 0.3) is 0 Å². The molecular weight excluding hydrogens is 389 g/mol. The smallest absolute Gasteiger partial charge is 0.231 e. The van der Waals surface area contributed by atoms with Crippen molar-refractivity contribution in [1.82, 2.24) is 5.32 Å². The van der Waals surface area contributed by atoms with Crippen molar-refractivity contribution in [3.05, 3.63) is 64.9 Å². The van der Waals surface area contributed by atoms with E-state index in [-0.39, 0.29) is 19.2 Å². The molecule has 0 fully saturated rings. The lowest BCUT2D eigenvalue weighted by molar-refractivity contribution is -0.00000753. The van der Waals surface area contributed by atoms with Gasteiger partial charge in [-0.1, -0.05) is 17.7 Å². The second kappa shape index (κ2) is 8.57. The van der Waals surface area contributed by atoms with E-state index in [0.717, 1.165) is 34.1 Å². The van der Waals surface area contributed by atoms with Gasteiger partial charge in [0.15, 0.2) is 11.5 Å². The second-order valence-corrected chi connectivity index (χ2v) is 6.31. The molecule has 0 saturated carbocycles. The molecule has 0 bridgehead atoms. The second-order valence-electron chi connectivity index (χ2n) is 5.91. The largest absolute Gasteiger partial charge is 1.00 e. The number of rotatable bonds is 6. The summed E-state index contributed by atoms with van der Waals surface area (Å²) in [6.07, 6.45) is 0.